The Balaban J connectivity index is 2.10. The third-order valence-electron chi connectivity index (χ3n) is 3.69. The molecule has 2 aromatic rings. The van der Waals surface area contributed by atoms with Gasteiger partial charge in [0, 0.05) is 6.54 Å². The summed E-state index contributed by atoms with van der Waals surface area (Å²) in [4.78, 5) is 24.5. The summed E-state index contributed by atoms with van der Waals surface area (Å²) in [6.07, 6.45) is 1.79. The van der Waals surface area contributed by atoms with Gasteiger partial charge < -0.3 is 15.4 Å². The lowest BCUT2D eigenvalue weighted by atomic mass is 10.1. The molecule has 0 heterocycles. The highest BCUT2D eigenvalue weighted by atomic mass is 16.5. The fourth-order valence-corrected chi connectivity index (χ4v) is 2.40. The summed E-state index contributed by atoms with van der Waals surface area (Å²) >= 11 is 0. The Bertz CT molecular complexity index is 784. The van der Waals surface area contributed by atoms with Crippen molar-refractivity contribution in [2.75, 3.05) is 19.0 Å². The van der Waals surface area contributed by atoms with Gasteiger partial charge in [0.25, 0.3) is 5.91 Å². The van der Waals surface area contributed by atoms with Crippen molar-refractivity contribution in [1.82, 2.24) is 5.32 Å². The molecule has 2 N–H and O–H groups in total. The van der Waals surface area contributed by atoms with E-state index in [4.69, 9.17) is 4.74 Å². The number of ether oxygens (including phenoxy) is 1. The van der Waals surface area contributed by atoms with Crippen LogP contribution in [-0.4, -0.2) is 25.5 Å². The lowest BCUT2D eigenvalue weighted by molar-refractivity contribution is -0.115. The molecule has 0 radical (unpaired) electrons. The summed E-state index contributed by atoms with van der Waals surface area (Å²) in [5, 5.41) is 5.51. The van der Waals surface area contributed by atoms with Crippen LogP contribution in [0.25, 0.3) is 0 Å². The fraction of sp³-hybridized carbons (Fsp3) is 0.200. The Morgan fingerprint density at radius 1 is 1.20 bits per heavy atom. The van der Waals surface area contributed by atoms with Crippen LogP contribution in [0.15, 0.2) is 55.1 Å². The summed E-state index contributed by atoms with van der Waals surface area (Å²) in [7, 11) is 1.60. The second-order valence-corrected chi connectivity index (χ2v) is 5.57. The first-order chi connectivity index (χ1) is 12.0. The molecule has 25 heavy (non-hydrogen) atoms. The quantitative estimate of drug-likeness (QED) is 0.762. The summed E-state index contributed by atoms with van der Waals surface area (Å²) < 4.78 is 5.28. The number of amides is 2. The molecule has 2 amide bonds. The number of hydrogen-bond donors (Lipinski definition) is 2. The molecule has 5 nitrogen and oxygen atoms in total. The second-order valence-electron chi connectivity index (χ2n) is 5.57. The van der Waals surface area contributed by atoms with Gasteiger partial charge >= 0.3 is 0 Å². The highest BCUT2D eigenvalue weighted by Gasteiger charge is 2.13. The minimum atomic E-state index is -0.257. The molecule has 0 saturated carbocycles. The van der Waals surface area contributed by atoms with Crippen molar-refractivity contribution in [3.63, 3.8) is 0 Å². The number of rotatable bonds is 7. The van der Waals surface area contributed by atoms with E-state index in [2.05, 4.69) is 17.2 Å². The van der Waals surface area contributed by atoms with Gasteiger partial charge in [0.15, 0.2) is 0 Å². The van der Waals surface area contributed by atoms with Crippen LogP contribution in [0.3, 0.4) is 0 Å². The molecule has 0 aliphatic carbocycles. The monoisotopic (exact) mass is 338 g/mol. The predicted molar refractivity (Wildman–Crippen MR) is 99.0 cm³/mol. The van der Waals surface area contributed by atoms with E-state index in [1.807, 2.05) is 25.1 Å². The van der Waals surface area contributed by atoms with Crippen molar-refractivity contribution >= 4 is 17.5 Å². The Hall–Kier alpha value is -3.08. The van der Waals surface area contributed by atoms with E-state index >= 15 is 0 Å². The van der Waals surface area contributed by atoms with Crippen LogP contribution in [0.2, 0.25) is 0 Å². The van der Waals surface area contributed by atoms with E-state index in [9.17, 15) is 9.59 Å². The van der Waals surface area contributed by atoms with E-state index in [-0.39, 0.29) is 18.2 Å². The number of benzene rings is 2. The van der Waals surface area contributed by atoms with Crippen LogP contribution < -0.4 is 15.4 Å². The molecule has 5 heteroatoms. The molecule has 2 rings (SSSR count). The van der Waals surface area contributed by atoms with Crippen LogP contribution in [0.4, 0.5) is 5.69 Å². The van der Waals surface area contributed by atoms with Crippen molar-refractivity contribution in [2.45, 2.75) is 13.3 Å². The molecular formula is C20H22N2O3. The Morgan fingerprint density at radius 2 is 1.96 bits per heavy atom. The van der Waals surface area contributed by atoms with E-state index in [1.54, 1.807) is 37.5 Å². The van der Waals surface area contributed by atoms with Crippen LogP contribution in [-0.2, 0) is 11.2 Å². The Kier molecular flexibility index (Phi) is 6.34. The first-order valence-electron chi connectivity index (χ1n) is 7.96. The number of hydrogen-bond acceptors (Lipinski definition) is 3. The molecule has 0 aromatic heterocycles. The average Bonchev–Trinajstić information content (AvgIpc) is 2.61. The van der Waals surface area contributed by atoms with Gasteiger partial charge in [0.1, 0.15) is 5.75 Å². The minimum absolute atomic E-state index is 0.194. The van der Waals surface area contributed by atoms with Gasteiger partial charge in [-0.25, -0.2) is 0 Å². The number of para-hydroxylation sites is 1. The maximum Gasteiger partial charge on any atom is 0.253 e. The number of nitrogens with one attached hydrogen (secondary N) is 2. The van der Waals surface area contributed by atoms with Crippen molar-refractivity contribution in [2.24, 2.45) is 0 Å². The van der Waals surface area contributed by atoms with Gasteiger partial charge in [-0.1, -0.05) is 30.3 Å². The molecule has 130 valence electrons. The van der Waals surface area contributed by atoms with E-state index < -0.39 is 0 Å². The summed E-state index contributed by atoms with van der Waals surface area (Å²) in [5.74, 6) is 0.289. The maximum atomic E-state index is 12.4. The van der Waals surface area contributed by atoms with Crippen molar-refractivity contribution in [3.05, 3.63) is 71.8 Å². The molecule has 0 bridgehead atoms. The molecule has 0 fully saturated rings. The van der Waals surface area contributed by atoms with Gasteiger partial charge in [-0.05, 0) is 36.2 Å². The number of methoxy groups -OCH3 is 1. The van der Waals surface area contributed by atoms with Crippen molar-refractivity contribution in [3.8, 4) is 5.75 Å². The molecule has 0 atom stereocenters. The summed E-state index contributed by atoms with van der Waals surface area (Å²) in [5.41, 5.74) is 2.75. The molecule has 0 aliphatic heterocycles. The molecule has 0 unspecified atom stereocenters. The normalized spacial score (nSPS) is 10.0. The van der Waals surface area contributed by atoms with Crippen molar-refractivity contribution in [1.29, 1.82) is 0 Å². The largest absolute Gasteiger partial charge is 0.496 e. The van der Waals surface area contributed by atoms with E-state index in [0.717, 1.165) is 16.9 Å². The highest BCUT2D eigenvalue weighted by molar-refractivity contribution is 6.04. The molecule has 0 saturated heterocycles. The lowest BCUT2D eigenvalue weighted by Crippen LogP contribution is -2.25. The van der Waals surface area contributed by atoms with Crippen LogP contribution >= 0.6 is 0 Å². The first kappa shape index (κ1) is 18.3. The Labute approximate surface area is 147 Å². The van der Waals surface area contributed by atoms with E-state index in [0.29, 0.717) is 17.8 Å². The van der Waals surface area contributed by atoms with Gasteiger partial charge in [-0.15, -0.1) is 6.58 Å². The third-order valence-corrected chi connectivity index (χ3v) is 3.69. The predicted octanol–water partition coefficient (Wildman–Crippen LogP) is 3.10. The maximum absolute atomic E-state index is 12.4. The zero-order chi connectivity index (χ0) is 18.2. The zero-order valence-corrected chi connectivity index (χ0v) is 14.5. The van der Waals surface area contributed by atoms with Crippen LogP contribution in [0, 0.1) is 6.92 Å². The fourth-order valence-electron chi connectivity index (χ4n) is 2.40. The number of carbonyl (C=O) groups is 2. The summed E-state index contributed by atoms with van der Waals surface area (Å²) in [6.45, 7) is 5.88. The van der Waals surface area contributed by atoms with Gasteiger partial charge in [0.2, 0.25) is 5.91 Å². The topological polar surface area (TPSA) is 67.4 Å². The highest BCUT2D eigenvalue weighted by Crippen LogP contribution is 2.20. The van der Waals surface area contributed by atoms with Gasteiger partial charge in [-0.2, -0.15) is 0 Å². The molecule has 0 aliphatic rings. The first-order valence-corrected chi connectivity index (χ1v) is 7.96. The number of aryl methyl sites for hydroxylation is 1. The number of anilines is 1. The van der Waals surface area contributed by atoms with Crippen LogP contribution in [0.1, 0.15) is 21.5 Å². The summed E-state index contributed by atoms with van der Waals surface area (Å²) in [6, 6.07) is 12.5. The average molecular weight is 338 g/mol. The Morgan fingerprint density at radius 3 is 2.68 bits per heavy atom. The van der Waals surface area contributed by atoms with Crippen LogP contribution in [0.5, 0.6) is 5.75 Å². The molecular weight excluding hydrogens is 316 g/mol. The smallest absolute Gasteiger partial charge is 0.253 e. The second kappa shape index (κ2) is 8.68. The van der Waals surface area contributed by atoms with Gasteiger partial charge in [0.05, 0.1) is 24.8 Å². The third kappa shape index (κ3) is 4.94. The minimum Gasteiger partial charge on any atom is -0.496 e. The SMILES string of the molecule is C=CCNC(=O)c1ccccc1NC(=O)Cc1ccc(C)c(OC)c1. The molecule has 0 spiro atoms. The lowest BCUT2D eigenvalue weighted by Gasteiger charge is -2.11. The molecule has 2 aromatic carbocycles. The zero-order valence-electron chi connectivity index (χ0n) is 14.5. The van der Waals surface area contributed by atoms with Gasteiger partial charge in [-0.3, -0.25) is 9.59 Å². The van der Waals surface area contributed by atoms with E-state index in [1.165, 1.54) is 0 Å². The standard InChI is InChI=1S/C20H22N2O3/c1-4-11-21-20(24)16-7-5-6-8-17(16)22-19(23)13-15-10-9-14(2)18(12-15)25-3/h4-10,12H,1,11,13H2,2-3H3,(H,21,24)(H,22,23). The number of carbonyl (C=O) groups excluding carboxylic acids is 2. The van der Waals surface area contributed by atoms with Crippen molar-refractivity contribution < 1.29 is 14.3 Å².